The van der Waals surface area contributed by atoms with Crippen molar-refractivity contribution in [1.29, 1.82) is 0 Å². The summed E-state index contributed by atoms with van der Waals surface area (Å²) < 4.78 is 4.76. The van der Waals surface area contributed by atoms with E-state index in [4.69, 9.17) is 4.74 Å². The van der Waals surface area contributed by atoms with Crippen molar-refractivity contribution in [2.24, 2.45) is 0 Å². The zero-order valence-electron chi connectivity index (χ0n) is 12.9. The lowest BCUT2D eigenvalue weighted by atomic mass is 10.1. The zero-order valence-corrected chi connectivity index (χ0v) is 12.9. The Labute approximate surface area is 134 Å². The van der Waals surface area contributed by atoms with Crippen LogP contribution in [0.4, 0.5) is 0 Å². The van der Waals surface area contributed by atoms with Gasteiger partial charge in [0.2, 0.25) is 5.91 Å². The summed E-state index contributed by atoms with van der Waals surface area (Å²) in [5.41, 5.74) is 1.69. The molecule has 1 unspecified atom stereocenters. The van der Waals surface area contributed by atoms with Crippen LogP contribution in [-0.2, 0) is 27.2 Å². The zero-order chi connectivity index (χ0) is 16.7. The van der Waals surface area contributed by atoms with Crippen LogP contribution in [0.15, 0.2) is 54.6 Å². The number of hydrogen-bond donors (Lipinski definition) is 2. The first-order chi connectivity index (χ1) is 11.1. The van der Waals surface area contributed by atoms with Gasteiger partial charge in [0.15, 0.2) is 0 Å². The Kier molecular flexibility index (Phi) is 5.74. The molecule has 0 fully saturated rings. The van der Waals surface area contributed by atoms with Crippen molar-refractivity contribution in [2.75, 3.05) is 7.11 Å². The molecule has 0 saturated heterocycles. The van der Waals surface area contributed by atoms with Gasteiger partial charge in [-0.1, -0.05) is 42.5 Å². The number of amides is 1. The van der Waals surface area contributed by atoms with Crippen LogP contribution in [0, 0.1) is 0 Å². The summed E-state index contributed by atoms with van der Waals surface area (Å²) in [6, 6.07) is 15.1. The lowest BCUT2D eigenvalue weighted by Gasteiger charge is -2.16. The first-order valence-electron chi connectivity index (χ1n) is 7.27. The van der Waals surface area contributed by atoms with E-state index in [2.05, 4.69) is 5.32 Å². The summed E-state index contributed by atoms with van der Waals surface area (Å²) in [5, 5.41) is 11.9. The van der Waals surface area contributed by atoms with Gasteiger partial charge in [-0.15, -0.1) is 0 Å². The Morgan fingerprint density at radius 2 is 1.70 bits per heavy atom. The van der Waals surface area contributed by atoms with Gasteiger partial charge in [0.1, 0.15) is 11.8 Å². The number of phenolic OH excluding ortho intramolecular Hbond substituents is 1. The van der Waals surface area contributed by atoms with E-state index in [9.17, 15) is 14.7 Å². The molecule has 2 N–H and O–H groups in total. The van der Waals surface area contributed by atoms with Gasteiger partial charge in [-0.3, -0.25) is 4.79 Å². The fourth-order valence-corrected chi connectivity index (χ4v) is 2.23. The molecule has 0 saturated carbocycles. The largest absolute Gasteiger partial charge is 0.508 e. The number of rotatable bonds is 6. The molecular formula is C18H19NO4. The van der Waals surface area contributed by atoms with Crippen LogP contribution in [0.25, 0.3) is 0 Å². The van der Waals surface area contributed by atoms with Crippen LogP contribution >= 0.6 is 0 Å². The van der Waals surface area contributed by atoms with Crippen LogP contribution in [0.5, 0.6) is 5.75 Å². The van der Waals surface area contributed by atoms with Crippen LogP contribution in [0.2, 0.25) is 0 Å². The van der Waals surface area contributed by atoms with Crippen molar-refractivity contribution in [3.8, 4) is 5.75 Å². The highest BCUT2D eigenvalue weighted by Gasteiger charge is 2.21. The molecule has 0 aliphatic carbocycles. The van der Waals surface area contributed by atoms with Gasteiger partial charge in [0.05, 0.1) is 13.5 Å². The SMILES string of the molecule is COC(=O)C(Cc1ccccc1)NC(=O)Cc1ccc(O)cc1. The minimum Gasteiger partial charge on any atom is -0.508 e. The third kappa shape index (κ3) is 5.14. The first kappa shape index (κ1) is 16.5. The lowest BCUT2D eigenvalue weighted by Crippen LogP contribution is -2.43. The van der Waals surface area contributed by atoms with Gasteiger partial charge in [0, 0.05) is 6.42 Å². The Bertz CT molecular complexity index is 652. The average Bonchev–Trinajstić information content (AvgIpc) is 2.56. The van der Waals surface area contributed by atoms with Crippen molar-refractivity contribution in [2.45, 2.75) is 18.9 Å². The summed E-state index contributed by atoms with van der Waals surface area (Å²) in [5.74, 6) is -0.611. The minimum absolute atomic E-state index is 0.128. The summed E-state index contributed by atoms with van der Waals surface area (Å²) in [6.07, 6.45) is 0.497. The minimum atomic E-state index is -0.730. The second kappa shape index (κ2) is 7.98. The number of nitrogens with one attached hydrogen (secondary N) is 1. The second-order valence-corrected chi connectivity index (χ2v) is 5.18. The van der Waals surface area contributed by atoms with Crippen molar-refractivity contribution in [3.05, 3.63) is 65.7 Å². The van der Waals surface area contributed by atoms with E-state index in [1.54, 1.807) is 12.1 Å². The van der Waals surface area contributed by atoms with Crippen LogP contribution < -0.4 is 5.32 Å². The van der Waals surface area contributed by atoms with E-state index >= 15 is 0 Å². The normalized spacial score (nSPS) is 11.5. The standard InChI is InChI=1S/C18H19NO4/c1-23-18(22)16(11-13-5-3-2-4-6-13)19-17(21)12-14-7-9-15(20)10-8-14/h2-10,16,20H,11-12H2,1H3,(H,19,21). The van der Waals surface area contributed by atoms with E-state index in [1.807, 2.05) is 30.3 Å². The van der Waals surface area contributed by atoms with Crippen molar-refractivity contribution < 1.29 is 19.4 Å². The third-order valence-electron chi connectivity index (χ3n) is 3.40. The van der Waals surface area contributed by atoms with E-state index in [-0.39, 0.29) is 18.1 Å². The predicted octanol–water partition coefficient (Wildman–Crippen LogP) is 1.84. The molecule has 2 aromatic rings. The number of methoxy groups -OCH3 is 1. The van der Waals surface area contributed by atoms with Crippen molar-refractivity contribution in [3.63, 3.8) is 0 Å². The summed E-state index contributed by atoms with van der Waals surface area (Å²) >= 11 is 0. The molecule has 0 radical (unpaired) electrons. The third-order valence-corrected chi connectivity index (χ3v) is 3.40. The van der Waals surface area contributed by atoms with E-state index in [0.29, 0.717) is 6.42 Å². The molecule has 1 atom stereocenters. The highest BCUT2D eigenvalue weighted by molar-refractivity contribution is 5.85. The number of esters is 1. The van der Waals surface area contributed by atoms with Crippen molar-refractivity contribution in [1.82, 2.24) is 5.32 Å². The number of phenols is 1. The Morgan fingerprint density at radius 3 is 2.30 bits per heavy atom. The highest BCUT2D eigenvalue weighted by Crippen LogP contribution is 2.10. The quantitative estimate of drug-likeness (QED) is 0.798. The van der Waals surface area contributed by atoms with E-state index in [1.165, 1.54) is 19.2 Å². The maximum atomic E-state index is 12.1. The fraction of sp³-hybridized carbons (Fsp3) is 0.222. The molecule has 2 aromatic carbocycles. The Morgan fingerprint density at radius 1 is 1.04 bits per heavy atom. The molecular weight excluding hydrogens is 294 g/mol. The maximum Gasteiger partial charge on any atom is 0.328 e. The number of aromatic hydroxyl groups is 1. The second-order valence-electron chi connectivity index (χ2n) is 5.18. The summed E-state index contributed by atoms with van der Waals surface area (Å²) in [7, 11) is 1.30. The number of carbonyl (C=O) groups excluding carboxylic acids is 2. The number of carbonyl (C=O) groups is 2. The molecule has 0 heterocycles. The summed E-state index contributed by atoms with van der Waals surface area (Å²) in [4.78, 5) is 24.0. The monoisotopic (exact) mass is 313 g/mol. The molecule has 23 heavy (non-hydrogen) atoms. The number of hydrogen-bond acceptors (Lipinski definition) is 4. The Hall–Kier alpha value is -2.82. The molecule has 5 heteroatoms. The molecule has 0 bridgehead atoms. The molecule has 120 valence electrons. The summed E-state index contributed by atoms with van der Waals surface area (Å²) in [6.45, 7) is 0. The number of benzene rings is 2. The smallest absolute Gasteiger partial charge is 0.328 e. The predicted molar refractivity (Wildman–Crippen MR) is 85.9 cm³/mol. The van der Waals surface area contributed by atoms with Crippen LogP contribution in [-0.4, -0.2) is 30.1 Å². The molecule has 2 rings (SSSR count). The van der Waals surface area contributed by atoms with Gasteiger partial charge in [0.25, 0.3) is 0 Å². The van der Waals surface area contributed by atoms with E-state index < -0.39 is 12.0 Å². The van der Waals surface area contributed by atoms with E-state index in [0.717, 1.165) is 11.1 Å². The van der Waals surface area contributed by atoms with Crippen molar-refractivity contribution >= 4 is 11.9 Å². The van der Waals surface area contributed by atoms with Gasteiger partial charge >= 0.3 is 5.97 Å². The van der Waals surface area contributed by atoms with Crippen LogP contribution in [0.3, 0.4) is 0 Å². The van der Waals surface area contributed by atoms with Gasteiger partial charge in [-0.25, -0.2) is 4.79 Å². The van der Waals surface area contributed by atoms with Gasteiger partial charge in [-0.05, 0) is 23.3 Å². The molecule has 5 nitrogen and oxygen atoms in total. The van der Waals surface area contributed by atoms with Gasteiger partial charge < -0.3 is 15.2 Å². The van der Waals surface area contributed by atoms with Crippen LogP contribution in [0.1, 0.15) is 11.1 Å². The van der Waals surface area contributed by atoms with Gasteiger partial charge in [-0.2, -0.15) is 0 Å². The average molecular weight is 313 g/mol. The molecule has 0 aliphatic rings. The first-order valence-corrected chi connectivity index (χ1v) is 7.27. The molecule has 1 amide bonds. The molecule has 0 aliphatic heterocycles. The topological polar surface area (TPSA) is 75.6 Å². The lowest BCUT2D eigenvalue weighted by molar-refractivity contribution is -0.145. The Balaban J connectivity index is 2.00. The fourth-order valence-electron chi connectivity index (χ4n) is 2.23. The molecule has 0 spiro atoms. The molecule has 0 aromatic heterocycles. The number of ether oxygens (including phenoxy) is 1. The highest BCUT2D eigenvalue weighted by atomic mass is 16.5. The maximum absolute atomic E-state index is 12.1.